The minimum Gasteiger partial charge on any atom is -0.304 e. The van der Waals surface area contributed by atoms with Crippen LogP contribution in [0.4, 0.5) is 0 Å². The van der Waals surface area contributed by atoms with E-state index in [1.165, 1.54) is 0 Å². The summed E-state index contributed by atoms with van der Waals surface area (Å²) in [6, 6.07) is 16.3. The van der Waals surface area contributed by atoms with Gasteiger partial charge >= 0.3 is 0 Å². The number of fused-ring (bicyclic) bond motifs is 3. The summed E-state index contributed by atoms with van der Waals surface area (Å²) in [4.78, 5) is 20.8. The van der Waals surface area contributed by atoms with Crippen molar-refractivity contribution in [2.75, 3.05) is 19.6 Å². The molecule has 0 aliphatic rings. The SMILES string of the molecule is CCN(CC)CCCCC(=O)c1ccc2c(c1)sc1nc(-c3ccccc3)cn12. The number of rotatable bonds is 9. The average molecular weight is 406 g/mol. The van der Waals surface area contributed by atoms with Gasteiger partial charge in [0.2, 0.25) is 0 Å². The molecule has 0 N–H and O–H groups in total. The molecule has 0 bridgehead atoms. The molecule has 2 heterocycles. The van der Waals surface area contributed by atoms with Crippen molar-refractivity contribution in [1.29, 1.82) is 0 Å². The quantitative estimate of drug-likeness (QED) is 0.257. The normalized spacial score (nSPS) is 11.7. The summed E-state index contributed by atoms with van der Waals surface area (Å²) in [7, 11) is 0. The molecular formula is C24H27N3OS. The average Bonchev–Trinajstić information content (AvgIpc) is 3.32. The van der Waals surface area contributed by atoms with Crippen LogP contribution < -0.4 is 0 Å². The molecule has 2 aromatic carbocycles. The lowest BCUT2D eigenvalue weighted by atomic mass is 10.1. The van der Waals surface area contributed by atoms with Crippen LogP contribution in [0, 0.1) is 0 Å². The summed E-state index contributed by atoms with van der Waals surface area (Å²) >= 11 is 1.64. The molecule has 0 amide bonds. The maximum Gasteiger partial charge on any atom is 0.195 e. The van der Waals surface area contributed by atoms with Crippen LogP contribution in [0.15, 0.2) is 54.7 Å². The summed E-state index contributed by atoms with van der Waals surface area (Å²) in [6.07, 6.45) is 4.72. The van der Waals surface area contributed by atoms with Gasteiger partial charge in [-0.3, -0.25) is 9.20 Å². The lowest BCUT2D eigenvalue weighted by Gasteiger charge is -2.17. The second-order valence-corrected chi connectivity index (χ2v) is 8.35. The molecule has 0 aliphatic carbocycles. The number of hydrogen-bond donors (Lipinski definition) is 0. The van der Waals surface area contributed by atoms with Gasteiger partial charge in [0.15, 0.2) is 10.7 Å². The van der Waals surface area contributed by atoms with Crippen LogP contribution in [-0.2, 0) is 0 Å². The van der Waals surface area contributed by atoms with E-state index in [0.717, 1.165) is 64.5 Å². The molecule has 4 aromatic rings. The van der Waals surface area contributed by atoms with Crippen LogP contribution >= 0.6 is 11.3 Å². The van der Waals surface area contributed by atoms with E-state index in [-0.39, 0.29) is 5.78 Å². The fraction of sp³-hybridized carbons (Fsp3) is 0.333. The van der Waals surface area contributed by atoms with Crippen LogP contribution in [-0.4, -0.2) is 39.7 Å². The lowest BCUT2D eigenvalue weighted by Crippen LogP contribution is -2.24. The first-order valence-electron chi connectivity index (χ1n) is 10.4. The molecule has 29 heavy (non-hydrogen) atoms. The molecular weight excluding hydrogens is 378 g/mol. The number of imidazole rings is 1. The molecule has 150 valence electrons. The Bertz CT molecular complexity index is 1110. The van der Waals surface area contributed by atoms with E-state index < -0.39 is 0 Å². The molecule has 0 aliphatic heterocycles. The second-order valence-electron chi connectivity index (χ2n) is 7.34. The topological polar surface area (TPSA) is 37.6 Å². The van der Waals surface area contributed by atoms with Gasteiger partial charge < -0.3 is 4.90 Å². The van der Waals surface area contributed by atoms with Gasteiger partial charge in [-0.05, 0) is 50.7 Å². The highest BCUT2D eigenvalue weighted by Crippen LogP contribution is 2.30. The third-order valence-electron chi connectivity index (χ3n) is 5.51. The second kappa shape index (κ2) is 8.89. The summed E-state index contributed by atoms with van der Waals surface area (Å²) in [5, 5.41) is 0. The Morgan fingerprint density at radius 1 is 1.07 bits per heavy atom. The van der Waals surface area contributed by atoms with Gasteiger partial charge in [0.25, 0.3) is 0 Å². The molecule has 0 atom stereocenters. The minimum atomic E-state index is 0.238. The standard InChI is InChI=1S/C24H27N3OS/c1-3-26(4-2)15-9-8-12-22(28)19-13-14-21-23(16-19)29-24-25-20(17-27(21)24)18-10-6-5-7-11-18/h5-7,10-11,13-14,16-17H,3-4,8-9,12,15H2,1-2H3. The van der Waals surface area contributed by atoms with Crippen molar-refractivity contribution in [3.63, 3.8) is 0 Å². The highest BCUT2D eigenvalue weighted by Gasteiger charge is 2.13. The van der Waals surface area contributed by atoms with Gasteiger partial charge in [-0.1, -0.05) is 55.5 Å². The predicted molar refractivity (Wildman–Crippen MR) is 122 cm³/mol. The number of benzene rings is 2. The zero-order valence-corrected chi connectivity index (χ0v) is 17.9. The Morgan fingerprint density at radius 3 is 2.62 bits per heavy atom. The highest BCUT2D eigenvalue weighted by molar-refractivity contribution is 7.23. The van der Waals surface area contributed by atoms with E-state index in [0.29, 0.717) is 6.42 Å². The minimum absolute atomic E-state index is 0.238. The molecule has 4 rings (SSSR count). The van der Waals surface area contributed by atoms with Crippen molar-refractivity contribution in [3.05, 3.63) is 60.3 Å². The van der Waals surface area contributed by atoms with E-state index in [4.69, 9.17) is 4.98 Å². The molecule has 2 aromatic heterocycles. The van der Waals surface area contributed by atoms with E-state index in [9.17, 15) is 4.79 Å². The smallest absolute Gasteiger partial charge is 0.195 e. The van der Waals surface area contributed by atoms with Gasteiger partial charge in [0.1, 0.15) is 0 Å². The van der Waals surface area contributed by atoms with E-state index in [1.807, 2.05) is 30.3 Å². The molecule has 0 saturated heterocycles. The predicted octanol–water partition coefficient (Wildman–Crippen LogP) is 5.91. The van der Waals surface area contributed by atoms with Crippen molar-refractivity contribution < 1.29 is 4.79 Å². The van der Waals surface area contributed by atoms with Gasteiger partial charge in [-0.2, -0.15) is 0 Å². The van der Waals surface area contributed by atoms with Crippen molar-refractivity contribution in [2.24, 2.45) is 0 Å². The molecule has 0 unspecified atom stereocenters. The lowest BCUT2D eigenvalue weighted by molar-refractivity contribution is 0.0978. The van der Waals surface area contributed by atoms with Crippen LogP contribution in [0.5, 0.6) is 0 Å². The Hall–Kier alpha value is -2.50. The number of Topliss-reactive ketones (excluding diaryl/α,β-unsaturated/α-hetero) is 1. The largest absolute Gasteiger partial charge is 0.304 e. The fourth-order valence-corrected chi connectivity index (χ4v) is 4.77. The summed E-state index contributed by atoms with van der Waals surface area (Å²) in [5.74, 6) is 0.238. The Kier molecular flexibility index (Phi) is 6.07. The Labute approximate surface area is 175 Å². The van der Waals surface area contributed by atoms with E-state index in [2.05, 4.69) is 47.5 Å². The zero-order chi connectivity index (χ0) is 20.2. The third-order valence-corrected chi connectivity index (χ3v) is 6.53. The van der Waals surface area contributed by atoms with Crippen molar-refractivity contribution in [3.8, 4) is 11.3 Å². The maximum absolute atomic E-state index is 12.6. The van der Waals surface area contributed by atoms with Crippen molar-refractivity contribution >= 4 is 32.3 Å². The number of hydrogen-bond acceptors (Lipinski definition) is 4. The number of carbonyl (C=O) groups excluding carboxylic acids is 1. The molecule has 4 nitrogen and oxygen atoms in total. The number of unbranched alkanes of at least 4 members (excludes halogenated alkanes) is 1. The summed E-state index contributed by atoms with van der Waals surface area (Å²) in [6.45, 7) is 7.60. The molecule has 0 radical (unpaired) electrons. The first kappa shape index (κ1) is 19.8. The molecule has 0 spiro atoms. The number of thiazole rings is 1. The van der Waals surface area contributed by atoms with Crippen LogP contribution in [0.3, 0.4) is 0 Å². The number of nitrogens with zero attached hydrogens (tertiary/aromatic N) is 3. The van der Waals surface area contributed by atoms with Gasteiger partial charge in [0, 0.05) is 23.7 Å². The first-order chi connectivity index (χ1) is 14.2. The molecule has 5 heteroatoms. The molecule has 0 fully saturated rings. The van der Waals surface area contributed by atoms with Crippen LogP contribution in [0.2, 0.25) is 0 Å². The fourth-order valence-electron chi connectivity index (χ4n) is 3.73. The Morgan fingerprint density at radius 2 is 1.86 bits per heavy atom. The number of carbonyl (C=O) groups is 1. The monoisotopic (exact) mass is 405 g/mol. The van der Waals surface area contributed by atoms with E-state index >= 15 is 0 Å². The van der Waals surface area contributed by atoms with Gasteiger partial charge in [-0.25, -0.2) is 4.98 Å². The zero-order valence-electron chi connectivity index (χ0n) is 17.1. The van der Waals surface area contributed by atoms with Crippen molar-refractivity contribution in [2.45, 2.75) is 33.1 Å². The first-order valence-corrected chi connectivity index (χ1v) is 11.2. The third kappa shape index (κ3) is 4.26. The summed E-state index contributed by atoms with van der Waals surface area (Å²) < 4.78 is 3.24. The maximum atomic E-state index is 12.6. The van der Waals surface area contributed by atoms with E-state index in [1.54, 1.807) is 11.3 Å². The number of ketones is 1. The van der Waals surface area contributed by atoms with Crippen molar-refractivity contribution in [1.82, 2.24) is 14.3 Å². The summed E-state index contributed by atoms with van der Waals surface area (Å²) in [5.41, 5.74) is 4.02. The molecule has 0 saturated carbocycles. The Balaban J connectivity index is 1.47. The van der Waals surface area contributed by atoms with Gasteiger partial charge in [0.05, 0.1) is 15.9 Å². The van der Waals surface area contributed by atoms with Gasteiger partial charge in [-0.15, -0.1) is 0 Å². The van der Waals surface area contributed by atoms with Crippen LogP contribution in [0.1, 0.15) is 43.5 Å². The van der Waals surface area contributed by atoms with Crippen LogP contribution in [0.25, 0.3) is 26.4 Å². The number of aromatic nitrogens is 2. The highest BCUT2D eigenvalue weighted by atomic mass is 32.1.